The summed E-state index contributed by atoms with van der Waals surface area (Å²) >= 11 is 0. The van der Waals surface area contributed by atoms with Gasteiger partial charge in [0, 0.05) is 12.6 Å². The van der Waals surface area contributed by atoms with Crippen molar-refractivity contribution in [2.24, 2.45) is 0 Å². The van der Waals surface area contributed by atoms with Gasteiger partial charge < -0.3 is 10.2 Å². The zero-order valence-corrected chi connectivity index (χ0v) is 23.7. The minimum atomic E-state index is -4.23. The Bertz CT molecular complexity index is 1390. The molecule has 4 rings (SSSR count). The van der Waals surface area contributed by atoms with E-state index in [9.17, 15) is 22.4 Å². The lowest BCUT2D eigenvalue weighted by molar-refractivity contribution is -0.139. The van der Waals surface area contributed by atoms with Gasteiger partial charge in [-0.1, -0.05) is 60.9 Å². The van der Waals surface area contributed by atoms with Crippen molar-refractivity contribution in [1.82, 2.24) is 10.2 Å². The summed E-state index contributed by atoms with van der Waals surface area (Å²) in [6.07, 6.45) is 4.44. The molecule has 0 radical (unpaired) electrons. The number of halogens is 1. The van der Waals surface area contributed by atoms with E-state index in [1.165, 1.54) is 17.0 Å². The first-order valence-electron chi connectivity index (χ1n) is 13.6. The Balaban J connectivity index is 1.63. The number of carbonyl (C=O) groups is 2. The van der Waals surface area contributed by atoms with E-state index in [0.29, 0.717) is 12.1 Å². The topological polar surface area (TPSA) is 86.8 Å². The van der Waals surface area contributed by atoms with Crippen LogP contribution in [0.5, 0.6) is 0 Å². The molecule has 1 fully saturated rings. The van der Waals surface area contributed by atoms with Gasteiger partial charge in [0.15, 0.2) is 0 Å². The van der Waals surface area contributed by atoms with E-state index in [0.717, 1.165) is 53.2 Å². The number of aryl methyl sites for hydroxylation is 1. The summed E-state index contributed by atoms with van der Waals surface area (Å²) in [6, 6.07) is 20.2. The predicted octanol–water partition coefficient (Wildman–Crippen LogP) is 4.85. The Morgan fingerprint density at radius 3 is 2.20 bits per heavy atom. The highest BCUT2D eigenvalue weighted by molar-refractivity contribution is 7.92. The first kappa shape index (κ1) is 29.3. The highest BCUT2D eigenvalue weighted by Crippen LogP contribution is 2.25. The zero-order chi connectivity index (χ0) is 28.7. The van der Waals surface area contributed by atoms with Gasteiger partial charge in [-0.25, -0.2) is 12.8 Å². The second-order valence-corrected chi connectivity index (χ2v) is 12.2. The summed E-state index contributed by atoms with van der Waals surface area (Å²) < 4.78 is 42.1. The lowest BCUT2D eigenvalue weighted by atomic mass is 10.1. The van der Waals surface area contributed by atoms with Crippen LogP contribution in [-0.4, -0.2) is 50.3 Å². The van der Waals surface area contributed by atoms with Crippen molar-refractivity contribution in [3.8, 4) is 0 Å². The van der Waals surface area contributed by atoms with Crippen LogP contribution in [-0.2, 0) is 26.0 Å². The van der Waals surface area contributed by atoms with Crippen LogP contribution in [0.3, 0.4) is 0 Å². The van der Waals surface area contributed by atoms with Gasteiger partial charge in [-0.15, -0.1) is 0 Å². The fourth-order valence-electron chi connectivity index (χ4n) is 4.94. The van der Waals surface area contributed by atoms with Crippen molar-refractivity contribution in [1.29, 1.82) is 0 Å². The molecule has 0 spiro atoms. The molecule has 0 unspecified atom stereocenters. The summed E-state index contributed by atoms with van der Waals surface area (Å²) in [5.74, 6) is -1.32. The highest BCUT2D eigenvalue weighted by Gasteiger charge is 2.33. The minimum absolute atomic E-state index is 0.0870. The molecule has 0 saturated heterocycles. The molecule has 1 aliphatic rings. The molecular weight excluding hydrogens is 529 g/mol. The number of amides is 2. The van der Waals surface area contributed by atoms with Crippen LogP contribution in [0.2, 0.25) is 0 Å². The molecule has 1 aliphatic carbocycles. The van der Waals surface area contributed by atoms with E-state index >= 15 is 0 Å². The Morgan fingerprint density at radius 1 is 0.950 bits per heavy atom. The molecule has 212 valence electrons. The fraction of sp³-hybridized carbons (Fsp3) is 0.355. The van der Waals surface area contributed by atoms with Gasteiger partial charge in [0.25, 0.3) is 10.0 Å². The van der Waals surface area contributed by atoms with Crippen LogP contribution in [0.1, 0.15) is 43.7 Å². The van der Waals surface area contributed by atoms with Gasteiger partial charge in [-0.2, -0.15) is 0 Å². The predicted molar refractivity (Wildman–Crippen MR) is 154 cm³/mol. The number of nitrogens with one attached hydrogen (secondary N) is 1. The van der Waals surface area contributed by atoms with E-state index < -0.39 is 34.3 Å². The van der Waals surface area contributed by atoms with Crippen LogP contribution < -0.4 is 9.62 Å². The second kappa shape index (κ2) is 13.1. The van der Waals surface area contributed by atoms with Gasteiger partial charge >= 0.3 is 0 Å². The lowest BCUT2D eigenvalue weighted by Gasteiger charge is -2.32. The standard InChI is InChI=1S/C31H36FN3O4S/c1-23-12-16-28(17-13-23)35(40(38,39)29-18-14-26(32)15-19-29)22-30(36)34(21-20-25-8-4-3-5-9-25)24(2)31(37)33-27-10-6-7-11-27/h3-5,8-9,12-19,24,27H,6-7,10-11,20-22H2,1-2H3,(H,33,37)/t24-/m0/s1. The Kier molecular flexibility index (Phi) is 9.58. The zero-order valence-electron chi connectivity index (χ0n) is 22.9. The van der Waals surface area contributed by atoms with Crippen molar-refractivity contribution in [3.63, 3.8) is 0 Å². The van der Waals surface area contributed by atoms with Crippen LogP contribution in [0, 0.1) is 12.7 Å². The first-order valence-corrected chi connectivity index (χ1v) is 15.1. The van der Waals surface area contributed by atoms with Crippen molar-refractivity contribution >= 4 is 27.5 Å². The summed E-state index contributed by atoms with van der Waals surface area (Å²) in [7, 11) is -4.23. The molecule has 1 N–H and O–H groups in total. The SMILES string of the molecule is Cc1ccc(N(CC(=O)N(CCc2ccccc2)[C@@H](C)C(=O)NC2CCCC2)S(=O)(=O)c2ccc(F)cc2)cc1. The molecule has 3 aromatic carbocycles. The van der Waals surface area contributed by atoms with E-state index in [4.69, 9.17) is 0 Å². The highest BCUT2D eigenvalue weighted by atomic mass is 32.2. The maximum absolute atomic E-state index is 13.9. The largest absolute Gasteiger partial charge is 0.352 e. The number of rotatable bonds is 11. The lowest BCUT2D eigenvalue weighted by Crippen LogP contribution is -2.53. The molecule has 0 aliphatic heterocycles. The van der Waals surface area contributed by atoms with Crippen LogP contribution in [0.25, 0.3) is 0 Å². The molecular formula is C31H36FN3O4S. The molecule has 0 heterocycles. The summed E-state index contributed by atoms with van der Waals surface area (Å²) in [5.41, 5.74) is 2.23. The maximum Gasteiger partial charge on any atom is 0.264 e. The average molecular weight is 566 g/mol. The molecule has 40 heavy (non-hydrogen) atoms. The quantitative estimate of drug-likeness (QED) is 0.360. The molecule has 7 nitrogen and oxygen atoms in total. The Hall–Kier alpha value is -3.72. The molecule has 1 saturated carbocycles. The molecule has 0 bridgehead atoms. The molecule has 2 amide bonds. The van der Waals surface area contributed by atoms with Gasteiger partial charge in [-0.05, 0) is 75.1 Å². The van der Waals surface area contributed by atoms with E-state index in [1.54, 1.807) is 31.2 Å². The number of anilines is 1. The first-order chi connectivity index (χ1) is 19.1. The molecule has 0 aromatic heterocycles. The summed E-state index contributed by atoms with van der Waals surface area (Å²) in [4.78, 5) is 28.5. The monoisotopic (exact) mass is 565 g/mol. The van der Waals surface area contributed by atoms with Crippen molar-refractivity contribution in [2.45, 2.75) is 62.9 Å². The average Bonchev–Trinajstić information content (AvgIpc) is 3.46. The molecule has 3 aromatic rings. The molecule has 1 atom stereocenters. The summed E-state index contributed by atoms with van der Waals surface area (Å²) in [5, 5.41) is 3.06. The number of sulfonamides is 1. The van der Waals surface area contributed by atoms with Gasteiger partial charge in [0.1, 0.15) is 18.4 Å². The number of carbonyl (C=O) groups excluding carboxylic acids is 2. The van der Waals surface area contributed by atoms with Crippen molar-refractivity contribution < 1.29 is 22.4 Å². The second-order valence-electron chi connectivity index (χ2n) is 10.3. The van der Waals surface area contributed by atoms with Crippen LogP contribution >= 0.6 is 0 Å². The number of benzene rings is 3. The van der Waals surface area contributed by atoms with E-state index in [2.05, 4.69) is 5.32 Å². The Labute approximate surface area is 236 Å². The number of hydrogen-bond acceptors (Lipinski definition) is 4. The third kappa shape index (κ3) is 7.27. The van der Waals surface area contributed by atoms with Crippen LogP contribution in [0.4, 0.5) is 10.1 Å². The third-order valence-corrected chi connectivity index (χ3v) is 9.14. The minimum Gasteiger partial charge on any atom is -0.352 e. The molecule has 9 heteroatoms. The van der Waals surface area contributed by atoms with Gasteiger partial charge in [0.05, 0.1) is 10.6 Å². The fourth-order valence-corrected chi connectivity index (χ4v) is 6.35. The van der Waals surface area contributed by atoms with Crippen molar-refractivity contribution in [2.75, 3.05) is 17.4 Å². The van der Waals surface area contributed by atoms with E-state index in [1.807, 2.05) is 37.3 Å². The third-order valence-electron chi connectivity index (χ3n) is 7.36. The van der Waals surface area contributed by atoms with Crippen LogP contribution in [0.15, 0.2) is 83.8 Å². The van der Waals surface area contributed by atoms with Gasteiger partial charge in [0.2, 0.25) is 11.8 Å². The smallest absolute Gasteiger partial charge is 0.264 e. The van der Waals surface area contributed by atoms with E-state index in [-0.39, 0.29) is 23.4 Å². The normalized spacial score (nSPS) is 14.5. The Morgan fingerprint density at radius 2 is 1.57 bits per heavy atom. The number of nitrogens with zero attached hydrogens (tertiary/aromatic N) is 2. The van der Waals surface area contributed by atoms with Gasteiger partial charge in [-0.3, -0.25) is 13.9 Å². The maximum atomic E-state index is 13.9. The van der Waals surface area contributed by atoms with Crippen molar-refractivity contribution in [3.05, 3.63) is 95.8 Å². The summed E-state index contributed by atoms with van der Waals surface area (Å²) in [6.45, 7) is 3.28. The number of hydrogen-bond donors (Lipinski definition) is 1.